The molecule has 3 heterocycles. The first-order valence-corrected chi connectivity index (χ1v) is 8.70. The van der Waals surface area contributed by atoms with Gasteiger partial charge in [0.05, 0.1) is 0 Å². The van der Waals surface area contributed by atoms with Crippen molar-refractivity contribution in [3.05, 3.63) is 60.7 Å². The van der Waals surface area contributed by atoms with Crippen molar-refractivity contribution in [3.8, 4) is 0 Å². The standard InChI is InChI=1S/C19H21N7/c1-15-3-5-16(6-4-15)24-17-13-18(23-14-22-17)25-9-11-26(12-10-25)19-20-7-2-8-21-19/h2-8,13-14H,9-12H2,1H3,(H,22,23,24). The Hall–Kier alpha value is -3.22. The van der Waals surface area contributed by atoms with E-state index < -0.39 is 0 Å². The summed E-state index contributed by atoms with van der Waals surface area (Å²) in [6, 6.07) is 12.1. The minimum Gasteiger partial charge on any atom is -0.353 e. The molecule has 0 unspecified atom stereocenters. The topological polar surface area (TPSA) is 70.1 Å². The first-order valence-electron chi connectivity index (χ1n) is 8.70. The molecule has 1 aromatic carbocycles. The number of rotatable bonds is 4. The van der Waals surface area contributed by atoms with Gasteiger partial charge in [-0.3, -0.25) is 0 Å². The molecule has 4 rings (SSSR count). The molecule has 1 fully saturated rings. The second-order valence-electron chi connectivity index (χ2n) is 6.28. The first kappa shape index (κ1) is 16.3. The van der Waals surface area contributed by atoms with Crippen molar-refractivity contribution in [2.45, 2.75) is 6.92 Å². The van der Waals surface area contributed by atoms with Crippen molar-refractivity contribution in [2.75, 3.05) is 41.3 Å². The highest BCUT2D eigenvalue weighted by atomic mass is 15.3. The second kappa shape index (κ2) is 7.35. The Morgan fingerprint density at radius 2 is 1.54 bits per heavy atom. The Morgan fingerprint density at radius 3 is 2.27 bits per heavy atom. The summed E-state index contributed by atoms with van der Waals surface area (Å²) in [6.07, 6.45) is 5.17. The minimum atomic E-state index is 0.788. The molecule has 0 spiro atoms. The van der Waals surface area contributed by atoms with Crippen LogP contribution >= 0.6 is 0 Å². The molecular weight excluding hydrogens is 326 g/mol. The number of hydrogen-bond donors (Lipinski definition) is 1. The predicted octanol–water partition coefficient (Wildman–Crippen LogP) is 2.65. The highest BCUT2D eigenvalue weighted by Gasteiger charge is 2.20. The third kappa shape index (κ3) is 3.72. The third-order valence-corrected chi connectivity index (χ3v) is 4.42. The average Bonchev–Trinajstić information content (AvgIpc) is 2.71. The fraction of sp³-hybridized carbons (Fsp3) is 0.263. The van der Waals surface area contributed by atoms with Crippen LogP contribution in [-0.4, -0.2) is 46.1 Å². The molecule has 1 saturated heterocycles. The van der Waals surface area contributed by atoms with Crippen LogP contribution in [-0.2, 0) is 0 Å². The molecule has 0 atom stereocenters. The quantitative estimate of drug-likeness (QED) is 0.778. The molecule has 0 aliphatic carbocycles. The second-order valence-corrected chi connectivity index (χ2v) is 6.28. The maximum atomic E-state index is 4.44. The Labute approximate surface area is 152 Å². The smallest absolute Gasteiger partial charge is 0.225 e. The van der Waals surface area contributed by atoms with Gasteiger partial charge in [-0.25, -0.2) is 19.9 Å². The van der Waals surface area contributed by atoms with Crippen LogP contribution in [0.4, 0.5) is 23.3 Å². The number of nitrogens with one attached hydrogen (secondary N) is 1. The van der Waals surface area contributed by atoms with Crippen LogP contribution in [0.1, 0.15) is 5.56 Å². The molecule has 1 N–H and O–H groups in total. The number of aryl methyl sites for hydroxylation is 1. The molecule has 26 heavy (non-hydrogen) atoms. The van der Waals surface area contributed by atoms with Crippen LogP contribution in [0.3, 0.4) is 0 Å². The van der Waals surface area contributed by atoms with Gasteiger partial charge in [0, 0.05) is 50.3 Å². The molecule has 7 heteroatoms. The molecular formula is C19H21N7. The number of benzene rings is 1. The van der Waals surface area contributed by atoms with E-state index in [1.165, 1.54) is 5.56 Å². The first-order chi connectivity index (χ1) is 12.8. The van der Waals surface area contributed by atoms with Crippen LogP contribution in [0.25, 0.3) is 0 Å². The number of nitrogens with zero attached hydrogens (tertiary/aromatic N) is 6. The van der Waals surface area contributed by atoms with Crippen LogP contribution in [0.15, 0.2) is 55.1 Å². The summed E-state index contributed by atoms with van der Waals surface area (Å²) in [5.74, 6) is 2.52. The zero-order valence-electron chi connectivity index (χ0n) is 14.7. The summed E-state index contributed by atoms with van der Waals surface area (Å²) in [6.45, 7) is 5.56. The highest BCUT2D eigenvalue weighted by molar-refractivity contribution is 5.59. The van der Waals surface area contributed by atoms with Crippen LogP contribution < -0.4 is 15.1 Å². The van der Waals surface area contributed by atoms with Crippen molar-refractivity contribution in [1.82, 2.24) is 19.9 Å². The van der Waals surface area contributed by atoms with Gasteiger partial charge < -0.3 is 15.1 Å². The van der Waals surface area contributed by atoms with E-state index in [-0.39, 0.29) is 0 Å². The van der Waals surface area contributed by atoms with Gasteiger partial charge in [0.15, 0.2) is 0 Å². The Kier molecular flexibility index (Phi) is 4.59. The normalized spacial score (nSPS) is 14.3. The van der Waals surface area contributed by atoms with Crippen molar-refractivity contribution < 1.29 is 0 Å². The maximum absolute atomic E-state index is 4.44. The van der Waals surface area contributed by atoms with Crippen molar-refractivity contribution in [2.24, 2.45) is 0 Å². The van der Waals surface area contributed by atoms with Crippen LogP contribution in [0.2, 0.25) is 0 Å². The summed E-state index contributed by atoms with van der Waals surface area (Å²) >= 11 is 0. The Morgan fingerprint density at radius 1 is 0.846 bits per heavy atom. The van der Waals surface area contributed by atoms with E-state index >= 15 is 0 Å². The fourth-order valence-electron chi connectivity index (χ4n) is 2.96. The van der Waals surface area contributed by atoms with Gasteiger partial charge in [0.25, 0.3) is 0 Å². The van der Waals surface area contributed by atoms with Crippen molar-refractivity contribution in [3.63, 3.8) is 0 Å². The lowest BCUT2D eigenvalue weighted by atomic mass is 10.2. The predicted molar refractivity (Wildman–Crippen MR) is 103 cm³/mol. The fourth-order valence-corrected chi connectivity index (χ4v) is 2.96. The number of anilines is 4. The third-order valence-electron chi connectivity index (χ3n) is 4.42. The summed E-state index contributed by atoms with van der Waals surface area (Å²) in [4.78, 5) is 21.9. The van der Waals surface area contributed by atoms with Crippen LogP contribution in [0.5, 0.6) is 0 Å². The summed E-state index contributed by atoms with van der Waals surface area (Å²) in [5, 5.41) is 3.34. The molecule has 0 saturated carbocycles. The lowest BCUT2D eigenvalue weighted by Crippen LogP contribution is -2.47. The zero-order chi connectivity index (χ0) is 17.8. The lowest BCUT2D eigenvalue weighted by molar-refractivity contribution is 0.634. The van der Waals surface area contributed by atoms with E-state index in [0.29, 0.717) is 0 Å². The SMILES string of the molecule is Cc1ccc(Nc2cc(N3CCN(c4ncccn4)CC3)ncn2)cc1. The van der Waals surface area contributed by atoms with Crippen molar-refractivity contribution >= 4 is 23.3 Å². The number of hydrogen-bond acceptors (Lipinski definition) is 7. The van der Waals surface area contributed by atoms with Gasteiger partial charge in [-0.05, 0) is 25.1 Å². The molecule has 2 aromatic heterocycles. The molecule has 1 aliphatic heterocycles. The highest BCUT2D eigenvalue weighted by Crippen LogP contribution is 2.20. The number of aromatic nitrogens is 4. The summed E-state index contributed by atoms with van der Waals surface area (Å²) < 4.78 is 0. The van der Waals surface area contributed by atoms with Gasteiger partial charge in [0.1, 0.15) is 18.0 Å². The molecule has 0 bridgehead atoms. The van der Waals surface area contributed by atoms with E-state index in [4.69, 9.17) is 0 Å². The number of piperazine rings is 1. The van der Waals surface area contributed by atoms with Crippen LogP contribution in [0, 0.1) is 6.92 Å². The molecule has 132 valence electrons. The van der Waals surface area contributed by atoms with E-state index in [9.17, 15) is 0 Å². The van der Waals surface area contributed by atoms with Crippen molar-refractivity contribution in [1.29, 1.82) is 0 Å². The lowest BCUT2D eigenvalue weighted by Gasteiger charge is -2.35. The van der Waals surface area contributed by atoms with E-state index in [1.54, 1.807) is 18.7 Å². The zero-order valence-corrected chi connectivity index (χ0v) is 14.7. The van der Waals surface area contributed by atoms with E-state index in [2.05, 4.69) is 66.2 Å². The van der Waals surface area contributed by atoms with Gasteiger partial charge in [-0.1, -0.05) is 17.7 Å². The molecule has 7 nitrogen and oxygen atoms in total. The van der Waals surface area contributed by atoms with E-state index in [0.717, 1.165) is 49.5 Å². The molecule has 3 aromatic rings. The molecule has 0 radical (unpaired) electrons. The maximum Gasteiger partial charge on any atom is 0.225 e. The molecule has 1 aliphatic rings. The monoisotopic (exact) mass is 347 g/mol. The van der Waals surface area contributed by atoms with E-state index in [1.807, 2.05) is 12.1 Å². The summed E-state index contributed by atoms with van der Waals surface area (Å²) in [7, 11) is 0. The average molecular weight is 347 g/mol. The van der Waals surface area contributed by atoms with Gasteiger partial charge >= 0.3 is 0 Å². The largest absolute Gasteiger partial charge is 0.353 e. The summed E-state index contributed by atoms with van der Waals surface area (Å²) in [5.41, 5.74) is 2.26. The Bertz CT molecular complexity index is 843. The van der Waals surface area contributed by atoms with Gasteiger partial charge in [-0.2, -0.15) is 0 Å². The minimum absolute atomic E-state index is 0.788. The molecule has 0 amide bonds. The Balaban J connectivity index is 1.42. The van der Waals surface area contributed by atoms with Gasteiger partial charge in [0.2, 0.25) is 5.95 Å². The van der Waals surface area contributed by atoms with Gasteiger partial charge in [-0.15, -0.1) is 0 Å².